The van der Waals surface area contributed by atoms with E-state index in [1.165, 1.54) is 12.7 Å². The average Bonchev–Trinajstić information content (AvgIpc) is 2.53. The molecule has 0 spiro atoms. The van der Waals surface area contributed by atoms with Gasteiger partial charge in [-0.2, -0.15) is 0 Å². The first-order valence-corrected chi connectivity index (χ1v) is 9.53. The van der Waals surface area contributed by atoms with Crippen LogP contribution in [0.2, 0.25) is 0 Å². The van der Waals surface area contributed by atoms with Crippen molar-refractivity contribution in [3.63, 3.8) is 0 Å². The Balaban J connectivity index is 2.83. The Morgan fingerprint density at radius 1 is 1.24 bits per heavy atom. The lowest BCUT2D eigenvalue weighted by Crippen LogP contribution is -2.35. The molecule has 0 unspecified atom stereocenters. The summed E-state index contributed by atoms with van der Waals surface area (Å²) in [5.74, 6) is -0.427. The Kier molecular flexibility index (Phi) is 8.53. The van der Waals surface area contributed by atoms with E-state index in [0.29, 0.717) is 0 Å². The predicted octanol–water partition coefficient (Wildman–Crippen LogP) is 3.65. The third-order valence-corrected chi connectivity index (χ3v) is 6.20. The van der Waals surface area contributed by atoms with Crippen LogP contribution in [0.25, 0.3) is 0 Å². The second-order valence-corrected chi connectivity index (χ2v) is 6.26. The van der Waals surface area contributed by atoms with Gasteiger partial charge in [-0.15, -0.1) is 0 Å². The van der Waals surface area contributed by atoms with E-state index in [-0.39, 0.29) is 12.0 Å². The van der Waals surface area contributed by atoms with E-state index in [9.17, 15) is 4.79 Å². The van der Waals surface area contributed by atoms with Gasteiger partial charge in [0.25, 0.3) is 0 Å². The number of hydrogen-bond donors (Lipinski definition) is 0. The number of rotatable bonds is 8. The van der Waals surface area contributed by atoms with Crippen molar-refractivity contribution in [2.24, 2.45) is 10.6 Å². The molecule has 0 atom stereocenters. The molecule has 0 fully saturated rings. The van der Waals surface area contributed by atoms with Gasteiger partial charge in [0.1, 0.15) is 0 Å². The van der Waals surface area contributed by atoms with E-state index in [4.69, 9.17) is 4.84 Å². The second-order valence-electron chi connectivity index (χ2n) is 4.74. The zero-order valence-corrected chi connectivity index (χ0v) is 16.5. The fraction of sp³-hybridized carbons (Fsp3) is 0.467. The highest BCUT2D eigenvalue weighted by atomic mass is 127. The van der Waals surface area contributed by atoms with Crippen molar-refractivity contribution in [1.82, 2.24) is 0 Å². The van der Waals surface area contributed by atoms with E-state index in [1.54, 1.807) is 0 Å². The molecule has 1 aromatic rings. The summed E-state index contributed by atoms with van der Waals surface area (Å²) in [7, 11) is 1.33. The molecule has 4 nitrogen and oxygen atoms in total. The van der Waals surface area contributed by atoms with Crippen molar-refractivity contribution in [2.75, 3.05) is 22.6 Å². The summed E-state index contributed by atoms with van der Waals surface area (Å²) >= 11 is 4.77. The molecular weight excluding hydrogens is 496 g/mol. The highest BCUT2D eigenvalue weighted by molar-refractivity contribution is 14.1. The normalized spacial score (nSPS) is 12.1. The van der Waals surface area contributed by atoms with Gasteiger partial charge in [-0.05, 0) is 18.9 Å². The smallest absolute Gasteiger partial charge is 0.346 e. The molecule has 0 aliphatic heterocycles. The molecule has 0 amide bonds. The Morgan fingerprint density at radius 2 is 1.86 bits per heavy atom. The van der Waals surface area contributed by atoms with Gasteiger partial charge in [0.05, 0.1) is 12.8 Å². The number of nitrogens with zero attached hydrogens (tertiary/aromatic N) is 1. The Morgan fingerprint density at radius 3 is 2.38 bits per heavy atom. The third-order valence-electron chi connectivity index (χ3n) is 3.28. The van der Waals surface area contributed by atoms with Gasteiger partial charge in [-0.1, -0.05) is 80.7 Å². The Hall–Kier alpha value is -0.380. The molecule has 1 rings (SSSR count). The van der Waals surface area contributed by atoms with Crippen molar-refractivity contribution in [3.05, 3.63) is 35.9 Å². The number of hydrogen-bond acceptors (Lipinski definition) is 4. The minimum Gasteiger partial charge on any atom is -0.466 e. The lowest BCUT2D eigenvalue weighted by atomic mass is 9.82. The number of halogens is 2. The maximum Gasteiger partial charge on any atom is 0.346 e. The second kappa shape index (κ2) is 9.60. The summed E-state index contributed by atoms with van der Waals surface area (Å²) in [5, 5.41) is 4.13. The predicted molar refractivity (Wildman–Crippen MR) is 101 cm³/mol. The zero-order chi connectivity index (χ0) is 15.7. The molecule has 6 heteroatoms. The number of esters is 1. The minimum absolute atomic E-state index is 0.0708. The number of carbonyl (C=O) groups is 1. The van der Waals surface area contributed by atoms with Crippen molar-refractivity contribution in [2.45, 2.75) is 13.3 Å². The standard InChI is InChI=1S/C15H19I2NO3/c1-12(18-21-9-14(19)20-2)15(10-16,11-17)8-13-6-4-3-5-7-13/h3-7H,8-11H2,1-2H3/b18-12-. The SMILES string of the molecule is COC(=O)CO/N=C(/C)C(CI)(CI)Cc1ccccc1. The summed E-state index contributed by atoms with van der Waals surface area (Å²) in [5.41, 5.74) is 2.10. The molecule has 0 heterocycles. The van der Waals surface area contributed by atoms with Crippen LogP contribution in [0.4, 0.5) is 0 Å². The van der Waals surface area contributed by atoms with Crippen LogP contribution < -0.4 is 0 Å². The van der Waals surface area contributed by atoms with Crippen LogP contribution in [0.5, 0.6) is 0 Å². The summed E-state index contributed by atoms with van der Waals surface area (Å²) < 4.78 is 6.39. The van der Waals surface area contributed by atoms with E-state index in [2.05, 4.69) is 67.2 Å². The molecule has 0 saturated heterocycles. The number of carbonyl (C=O) groups excluding carboxylic acids is 1. The van der Waals surface area contributed by atoms with Crippen molar-refractivity contribution < 1.29 is 14.4 Å². The molecule has 1 aromatic carbocycles. The van der Waals surface area contributed by atoms with E-state index < -0.39 is 5.97 Å². The lowest BCUT2D eigenvalue weighted by molar-refractivity contribution is -0.145. The first kappa shape index (κ1) is 18.7. The van der Waals surface area contributed by atoms with E-state index >= 15 is 0 Å². The van der Waals surface area contributed by atoms with Gasteiger partial charge in [0.2, 0.25) is 6.61 Å². The van der Waals surface area contributed by atoms with Crippen molar-refractivity contribution in [3.8, 4) is 0 Å². The number of alkyl halides is 2. The van der Waals surface area contributed by atoms with Gasteiger partial charge in [-0.25, -0.2) is 4.79 Å². The summed E-state index contributed by atoms with van der Waals surface area (Å²) in [6.07, 6.45) is 0.899. The fourth-order valence-corrected chi connectivity index (χ4v) is 4.99. The van der Waals surface area contributed by atoms with Crippen LogP contribution in [0.1, 0.15) is 12.5 Å². The molecule has 21 heavy (non-hydrogen) atoms. The monoisotopic (exact) mass is 515 g/mol. The number of benzene rings is 1. The highest BCUT2D eigenvalue weighted by Gasteiger charge is 2.32. The minimum atomic E-state index is -0.427. The molecule has 0 aliphatic rings. The maximum atomic E-state index is 11.1. The van der Waals surface area contributed by atoms with Crippen LogP contribution in [0, 0.1) is 5.41 Å². The van der Waals surface area contributed by atoms with Crippen LogP contribution in [-0.4, -0.2) is 34.3 Å². The highest BCUT2D eigenvalue weighted by Crippen LogP contribution is 2.30. The largest absolute Gasteiger partial charge is 0.466 e. The van der Waals surface area contributed by atoms with Crippen LogP contribution in [0.3, 0.4) is 0 Å². The quantitative estimate of drug-likeness (QED) is 0.175. The number of methoxy groups -OCH3 is 1. The van der Waals surface area contributed by atoms with Gasteiger partial charge in [0, 0.05) is 14.3 Å². The Bertz CT molecular complexity index is 473. The Labute approximate surface area is 152 Å². The maximum absolute atomic E-state index is 11.1. The van der Waals surface area contributed by atoms with Gasteiger partial charge in [-0.3, -0.25) is 0 Å². The first-order chi connectivity index (χ1) is 10.1. The topological polar surface area (TPSA) is 47.9 Å². The molecule has 0 saturated carbocycles. The molecule has 0 aliphatic carbocycles. The molecule has 0 radical (unpaired) electrons. The zero-order valence-electron chi connectivity index (χ0n) is 12.1. The van der Waals surface area contributed by atoms with E-state index in [1.807, 2.05) is 25.1 Å². The molecule has 116 valence electrons. The summed E-state index contributed by atoms with van der Waals surface area (Å²) in [4.78, 5) is 16.2. The molecular formula is C15H19I2NO3. The van der Waals surface area contributed by atoms with Crippen LogP contribution in [0.15, 0.2) is 35.5 Å². The third kappa shape index (κ3) is 5.72. The van der Waals surface area contributed by atoms with Crippen LogP contribution in [-0.2, 0) is 20.8 Å². The molecule has 0 bridgehead atoms. The average molecular weight is 515 g/mol. The number of ether oxygens (including phenoxy) is 1. The van der Waals surface area contributed by atoms with Crippen molar-refractivity contribution in [1.29, 1.82) is 0 Å². The van der Waals surface area contributed by atoms with Gasteiger partial charge >= 0.3 is 5.97 Å². The summed E-state index contributed by atoms with van der Waals surface area (Å²) in [6.45, 7) is 1.80. The van der Waals surface area contributed by atoms with Gasteiger partial charge < -0.3 is 9.57 Å². The molecule has 0 aromatic heterocycles. The fourth-order valence-electron chi connectivity index (χ4n) is 1.78. The van der Waals surface area contributed by atoms with E-state index in [0.717, 1.165) is 21.0 Å². The first-order valence-electron chi connectivity index (χ1n) is 6.47. The summed E-state index contributed by atoms with van der Waals surface area (Å²) in [6, 6.07) is 10.3. The van der Waals surface area contributed by atoms with Crippen LogP contribution >= 0.6 is 45.2 Å². The number of oxime groups is 1. The van der Waals surface area contributed by atoms with Gasteiger partial charge in [0.15, 0.2) is 0 Å². The van der Waals surface area contributed by atoms with Crippen molar-refractivity contribution >= 4 is 56.9 Å². The lowest BCUT2D eigenvalue weighted by Gasteiger charge is -2.29. The molecule has 0 N–H and O–H groups in total.